The number of fused-ring (bicyclic) bond motifs is 1. The number of hydrogen-bond donors (Lipinski definition) is 0. The number of benzene rings is 2. The Bertz CT molecular complexity index is 567. The highest BCUT2D eigenvalue weighted by molar-refractivity contribution is 5.93. The molecule has 2 aromatic carbocycles. The smallest absolute Gasteiger partial charge is 0.204 e. The van der Waals surface area contributed by atoms with Crippen LogP contribution in [-0.2, 0) is 4.94 Å². The van der Waals surface area contributed by atoms with Crippen LogP contribution < -0.4 is 5.17 Å². The summed E-state index contributed by atoms with van der Waals surface area (Å²) in [6.07, 6.45) is 0. The van der Waals surface area contributed by atoms with Crippen LogP contribution in [0.1, 0.15) is 0 Å². The van der Waals surface area contributed by atoms with Gasteiger partial charge in [0, 0.05) is 5.39 Å². The van der Waals surface area contributed by atoms with Crippen LogP contribution >= 0.6 is 0 Å². The van der Waals surface area contributed by atoms with Gasteiger partial charge in [-0.05, 0) is 11.5 Å². The average Bonchev–Trinajstić information content (AvgIpc) is 2.35. The fraction of sp³-hybridized carbons (Fsp3) is 0. The second-order valence-corrected chi connectivity index (χ2v) is 3.17. The Morgan fingerprint density at radius 2 is 1.88 bits per heavy atom. The van der Waals surface area contributed by atoms with Gasteiger partial charge in [-0.15, -0.1) is 4.91 Å². The molecule has 0 amide bonds. The molecule has 0 spiro atoms. The third-order valence-corrected chi connectivity index (χ3v) is 2.23. The monoisotopic (exact) mass is 233 g/mol. The Morgan fingerprint density at radius 1 is 1.18 bits per heavy atom. The first-order chi connectivity index (χ1) is 8.24. The van der Waals surface area contributed by atoms with E-state index >= 15 is 0 Å². The topological polar surface area (TPSA) is 85.0 Å². The molecule has 0 aliphatic heterocycles. The van der Waals surface area contributed by atoms with Crippen molar-refractivity contribution in [3.05, 3.63) is 57.5 Å². The molecule has 0 saturated heterocycles. The van der Waals surface area contributed by atoms with E-state index in [1.54, 1.807) is 36.4 Å². The summed E-state index contributed by atoms with van der Waals surface area (Å²) >= 11 is 0. The van der Waals surface area contributed by atoms with Gasteiger partial charge in [-0.2, -0.15) is 4.94 Å². The summed E-state index contributed by atoms with van der Waals surface area (Å²) in [7, 11) is 0. The lowest BCUT2D eigenvalue weighted by molar-refractivity contribution is -0.547. The molecule has 0 fully saturated rings. The van der Waals surface area contributed by atoms with Crippen molar-refractivity contribution < 1.29 is 9.97 Å². The molecule has 0 saturated carbocycles. The first-order valence-electron chi connectivity index (χ1n) is 4.66. The van der Waals surface area contributed by atoms with Gasteiger partial charge in [0.05, 0.1) is 0 Å². The van der Waals surface area contributed by atoms with Crippen LogP contribution in [0, 0.1) is 15.0 Å². The molecule has 7 nitrogen and oxygen atoms in total. The molecule has 7 heteroatoms. The van der Waals surface area contributed by atoms with Crippen molar-refractivity contribution in [1.82, 2.24) is 0 Å². The molecule has 0 heterocycles. The lowest BCUT2D eigenvalue weighted by Gasteiger charge is -2.09. The highest BCUT2D eigenvalue weighted by Crippen LogP contribution is 2.26. The molecule has 86 valence electrons. The number of nitro groups is 1. The fourth-order valence-electron chi connectivity index (χ4n) is 1.57. The maximum Gasteiger partial charge on any atom is 0.204 e. The number of nitrogens with zero attached hydrogens (tertiary/aromatic N) is 3. The quantitative estimate of drug-likeness (QED) is 0.460. The van der Waals surface area contributed by atoms with Crippen LogP contribution in [0.3, 0.4) is 0 Å². The Morgan fingerprint density at radius 3 is 2.59 bits per heavy atom. The lowest BCUT2D eigenvalue weighted by atomic mass is 10.1. The Balaban J connectivity index is 2.60. The van der Waals surface area contributed by atoms with Gasteiger partial charge < -0.3 is 0 Å². The van der Waals surface area contributed by atoms with Gasteiger partial charge in [-0.1, -0.05) is 36.4 Å². The molecule has 0 aliphatic carbocycles. The first-order valence-corrected chi connectivity index (χ1v) is 4.66. The molecular formula is C10H7N3O4. The maximum atomic E-state index is 10.7. The fourth-order valence-corrected chi connectivity index (χ4v) is 1.57. The SMILES string of the molecule is O=NON(c1cccc2ccccc12)[N+](=O)[O-]. The van der Waals surface area contributed by atoms with Gasteiger partial charge in [0.2, 0.25) is 5.03 Å². The first kappa shape index (κ1) is 10.8. The molecule has 0 aromatic heterocycles. The van der Waals surface area contributed by atoms with Crippen molar-refractivity contribution in [1.29, 1.82) is 0 Å². The van der Waals surface area contributed by atoms with Crippen molar-refractivity contribution in [3.63, 3.8) is 0 Å². The maximum absolute atomic E-state index is 10.7. The number of hydrazine groups is 1. The zero-order valence-electron chi connectivity index (χ0n) is 8.52. The summed E-state index contributed by atoms with van der Waals surface area (Å²) in [5.41, 5.74) is 0.146. The summed E-state index contributed by atoms with van der Waals surface area (Å²) in [6.45, 7) is 0. The molecular weight excluding hydrogens is 226 g/mol. The third-order valence-electron chi connectivity index (χ3n) is 2.23. The van der Waals surface area contributed by atoms with Crippen LogP contribution in [0.4, 0.5) is 5.69 Å². The highest BCUT2D eigenvalue weighted by atomic mass is 16.9. The van der Waals surface area contributed by atoms with Crippen molar-refractivity contribution >= 4 is 16.5 Å². The molecule has 2 rings (SSSR count). The van der Waals surface area contributed by atoms with Gasteiger partial charge in [0.25, 0.3) is 0 Å². The van der Waals surface area contributed by atoms with Crippen molar-refractivity contribution in [2.45, 2.75) is 0 Å². The predicted molar refractivity (Wildman–Crippen MR) is 60.3 cm³/mol. The van der Waals surface area contributed by atoms with E-state index in [2.05, 4.69) is 10.3 Å². The summed E-state index contributed by atoms with van der Waals surface area (Å²) in [4.78, 5) is 24.9. The number of rotatable bonds is 4. The Kier molecular flexibility index (Phi) is 2.82. The summed E-state index contributed by atoms with van der Waals surface area (Å²) in [6, 6.07) is 11.9. The van der Waals surface area contributed by atoms with Crippen molar-refractivity contribution in [2.24, 2.45) is 5.34 Å². The molecule has 0 N–H and O–H groups in total. The standard InChI is InChI=1S/C10H7N3O4/c14-11-17-12(13(15)16)10-7-3-5-8-4-1-2-6-9(8)10/h1-7H. The molecule has 0 radical (unpaired) electrons. The molecule has 17 heavy (non-hydrogen) atoms. The Labute approximate surface area is 95.2 Å². The zero-order valence-corrected chi connectivity index (χ0v) is 8.52. The van der Waals surface area contributed by atoms with Crippen LogP contribution in [0.2, 0.25) is 0 Å². The number of hydrogen-bond acceptors (Lipinski definition) is 5. The van der Waals surface area contributed by atoms with Gasteiger partial charge in [-0.3, -0.25) is 0 Å². The predicted octanol–water partition coefficient (Wildman–Crippen LogP) is 2.45. The van der Waals surface area contributed by atoms with E-state index in [1.807, 2.05) is 0 Å². The minimum Gasteiger partial charge on any atom is -0.232 e. The normalized spacial score (nSPS) is 9.88. The second kappa shape index (κ2) is 4.44. The van der Waals surface area contributed by atoms with Gasteiger partial charge in [-0.25, -0.2) is 10.1 Å². The van der Waals surface area contributed by atoms with E-state index < -0.39 is 5.03 Å². The van der Waals surface area contributed by atoms with Crippen LogP contribution in [0.15, 0.2) is 47.8 Å². The van der Waals surface area contributed by atoms with Crippen LogP contribution in [-0.4, -0.2) is 5.03 Å². The average molecular weight is 233 g/mol. The lowest BCUT2D eigenvalue weighted by Crippen LogP contribution is -2.27. The van der Waals surface area contributed by atoms with Crippen molar-refractivity contribution in [2.75, 3.05) is 5.17 Å². The van der Waals surface area contributed by atoms with Gasteiger partial charge in [0.15, 0.2) is 11.0 Å². The molecule has 0 unspecified atom stereocenters. The minimum absolute atomic E-state index is 0.146. The summed E-state index contributed by atoms with van der Waals surface area (Å²) in [5, 5.41) is 13.6. The Hall–Kier alpha value is -2.70. The third kappa shape index (κ3) is 1.98. The largest absolute Gasteiger partial charge is 0.232 e. The zero-order chi connectivity index (χ0) is 12.3. The van der Waals surface area contributed by atoms with E-state index in [0.29, 0.717) is 5.39 Å². The van der Waals surface area contributed by atoms with E-state index in [4.69, 9.17) is 0 Å². The molecule has 0 bridgehead atoms. The minimum atomic E-state index is -0.858. The van der Waals surface area contributed by atoms with Crippen molar-refractivity contribution in [3.8, 4) is 0 Å². The summed E-state index contributed by atoms with van der Waals surface area (Å²) in [5.74, 6) is 0. The van der Waals surface area contributed by atoms with E-state index in [-0.39, 0.29) is 10.9 Å². The highest BCUT2D eigenvalue weighted by Gasteiger charge is 2.22. The van der Waals surface area contributed by atoms with Crippen LogP contribution in [0.25, 0.3) is 10.8 Å². The molecule has 0 atom stereocenters. The van der Waals surface area contributed by atoms with Gasteiger partial charge in [0.1, 0.15) is 5.17 Å². The summed E-state index contributed by atoms with van der Waals surface area (Å²) < 4.78 is 0. The van der Waals surface area contributed by atoms with E-state index in [0.717, 1.165) is 5.39 Å². The molecule has 0 aliphatic rings. The number of anilines is 1. The van der Waals surface area contributed by atoms with Gasteiger partial charge >= 0.3 is 0 Å². The van der Waals surface area contributed by atoms with E-state index in [1.165, 1.54) is 6.07 Å². The van der Waals surface area contributed by atoms with Crippen LogP contribution in [0.5, 0.6) is 0 Å². The second-order valence-electron chi connectivity index (χ2n) is 3.17. The van der Waals surface area contributed by atoms with E-state index in [9.17, 15) is 15.0 Å². The molecule has 2 aromatic rings.